The number of alkyl halides is 2. The molecule has 2 N–H and O–H groups in total. The van der Waals surface area contributed by atoms with Crippen molar-refractivity contribution in [2.24, 2.45) is 10.8 Å². The van der Waals surface area contributed by atoms with Crippen LogP contribution in [0.1, 0.15) is 78.9 Å². The number of hydrogen-bond acceptors (Lipinski definition) is 11. The SMILES string of the molecule is CC(=O)N1CC[C@H]2CC[C@@H](C(=O)Nc3ccc(-c4ccccc4)cc3)N2C(=O)[C@@H](NC(=O)/C=C/c2ccc(C(F)(F)P(=O)(OCOC(=O)C(C)(C)C)OCOC(=O)C(C)(C)C)cc2)C1. The Kier molecular flexibility index (Phi) is 15.7. The summed E-state index contributed by atoms with van der Waals surface area (Å²) in [5.74, 6) is -3.61. The van der Waals surface area contributed by atoms with E-state index < -0.39 is 79.1 Å². The van der Waals surface area contributed by atoms with Gasteiger partial charge in [-0.3, -0.25) is 42.4 Å². The van der Waals surface area contributed by atoms with Gasteiger partial charge in [-0.05, 0) is 95.7 Å². The molecule has 0 unspecified atom stereocenters. The number of nitrogens with zero attached hydrogens (tertiary/aromatic N) is 2. The van der Waals surface area contributed by atoms with Crippen LogP contribution >= 0.6 is 7.60 Å². The van der Waals surface area contributed by atoms with Crippen molar-refractivity contribution < 1.29 is 60.6 Å². The first-order chi connectivity index (χ1) is 30.0. The van der Waals surface area contributed by atoms with Gasteiger partial charge in [0.05, 0.1) is 10.8 Å². The van der Waals surface area contributed by atoms with Gasteiger partial charge >= 0.3 is 25.2 Å². The molecule has 2 saturated heterocycles. The maximum absolute atomic E-state index is 16.0. The average Bonchev–Trinajstić information content (AvgIpc) is 3.66. The van der Waals surface area contributed by atoms with Crippen LogP contribution in [0.3, 0.4) is 0 Å². The topological polar surface area (TPSA) is 187 Å². The van der Waals surface area contributed by atoms with E-state index in [2.05, 4.69) is 10.6 Å². The summed E-state index contributed by atoms with van der Waals surface area (Å²) in [4.78, 5) is 81.3. The van der Waals surface area contributed by atoms with E-state index >= 15 is 8.78 Å². The molecular weight excluding hydrogens is 853 g/mol. The molecule has 5 rings (SSSR count). The van der Waals surface area contributed by atoms with Gasteiger partial charge in [0, 0.05) is 43.4 Å². The maximum atomic E-state index is 16.0. The van der Waals surface area contributed by atoms with E-state index in [1.807, 2.05) is 42.5 Å². The third kappa shape index (κ3) is 12.3. The molecule has 0 radical (unpaired) electrons. The Balaban J connectivity index is 1.27. The second kappa shape index (κ2) is 20.4. The number of benzene rings is 3. The molecular formula is C46H55F2N4O11P. The molecule has 0 spiro atoms. The Hall–Kier alpha value is -5.77. The molecule has 64 heavy (non-hydrogen) atoms. The number of nitrogens with one attached hydrogen (secondary N) is 2. The molecule has 0 aliphatic carbocycles. The molecule has 15 nitrogen and oxygen atoms in total. The largest absolute Gasteiger partial charge is 0.438 e. The molecule has 3 aromatic carbocycles. The number of esters is 2. The summed E-state index contributed by atoms with van der Waals surface area (Å²) in [5.41, 5.74) is -4.48. The highest BCUT2D eigenvalue weighted by Crippen LogP contribution is 2.67. The average molecular weight is 909 g/mol. The second-order valence-electron chi connectivity index (χ2n) is 17.6. The highest BCUT2D eigenvalue weighted by Gasteiger charge is 2.56. The van der Waals surface area contributed by atoms with Crippen LogP contribution in [-0.2, 0) is 57.5 Å². The van der Waals surface area contributed by atoms with Gasteiger partial charge in [0.15, 0.2) is 0 Å². The Bertz CT molecular complexity index is 2220. The first kappa shape index (κ1) is 49.2. The highest BCUT2D eigenvalue weighted by atomic mass is 31.2. The normalized spacial score (nSPS) is 18.5. The number of carbonyl (C=O) groups is 6. The zero-order valence-electron chi connectivity index (χ0n) is 36.9. The zero-order chi connectivity index (χ0) is 47.0. The van der Waals surface area contributed by atoms with Gasteiger partial charge in [-0.15, -0.1) is 0 Å². The van der Waals surface area contributed by atoms with Crippen molar-refractivity contribution in [3.8, 4) is 11.1 Å². The van der Waals surface area contributed by atoms with Gasteiger partial charge in [-0.25, -0.2) is 0 Å². The number of ether oxygens (including phenoxy) is 2. The number of rotatable bonds is 14. The summed E-state index contributed by atoms with van der Waals surface area (Å²) in [6.45, 7) is 8.28. The van der Waals surface area contributed by atoms with Crippen molar-refractivity contribution in [3.05, 3.63) is 96.1 Å². The van der Waals surface area contributed by atoms with Crippen LogP contribution in [0.15, 0.2) is 84.9 Å². The molecule has 3 aromatic rings. The highest BCUT2D eigenvalue weighted by molar-refractivity contribution is 7.54. The van der Waals surface area contributed by atoms with Crippen LogP contribution < -0.4 is 10.6 Å². The van der Waals surface area contributed by atoms with Gasteiger partial charge in [0.2, 0.25) is 37.2 Å². The number of anilines is 1. The lowest BCUT2D eigenvalue weighted by Gasteiger charge is -2.38. The smallest absolute Gasteiger partial charge is 0.410 e. The molecule has 2 heterocycles. The van der Waals surface area contributed by atoms with E-state index in [1.165, 1.54) is 76.5 Å². The molecule has 2 fully saturated rings. The van der Waals surface area contributed by atoms with Crippen molar-refractivity contribution in [1.82, 2.24) is 15.1 Å². The quantitative estimate of drug-likeness (QED) is 0.0707. The van der Waals surface area contributed by atoms with Crippen LogP contribution in [-0.4, -0.2) is 90.2 Å². The maximum Gasteiger partial charge on any atom is 0.410 e. The monoisotopic (exact) mass is 908 g/mol. The predicted molar refractivity (Wildman–Crippen MR) is 233 cm³/mol. The van der Waals surface area contributed by atoms with E-state index in [0.29, 0.717) is 31.5 Å². The van der Waals surface area contributed by atoms with Crippen LogP contribution in [0, 0.1) is 10.8 Å². The van der Waals surface area contributed by atoms with Crippen LogP contribution in [0.2, 0.25) is 0 Å². The molecule has 0 aromatic heterocycles. The molecule has 2 aliphatic rings. The summed E-state index contributed by atoms with van der Waals surface area (Å²) < 4.78 is 65.3. The van der Waals surface area contributed by atoms with E-state index in [4.69, 9.17) is 18.5 Å². The molecule has 344 valence electrons. The zero-order valence-corrected chi connectivity index (χ0v) is 37.8. The minimum Gasteiger partial charge on any atom is -0.438 e. The summed E-state index contributed by atoms with van der Waals surface area (Å²) in [6, 6.07) is 18.9. The van der Waals surface area contributed by atoms with Gasteiger partial charge in [0.25, 0.3) is 0 Å². The Morgan fingerprint density at radius 3 is 1.89 bits per heavy atom. The van der Waals surface area contributed by atoms with Gasteiger partial charge < -0.3 is 29.9 Å². The van der Waals surface area contributed by atoms with E-state index in [-0.39, 0.29) is 30.0 Å². The molecule has 18 heteroatoms. The van der Waals surface area contributed by atoms with Crippen LogP contribution in [0.5, 0.6) is 0 Å². The third-order valence-corrected chi connectivity index (χ3v) is 12.4. The Morgan fingerprint density at radius 1 is 0.781 bits per heavy atom. The van der Waals surface area contributed by atoms with Crippen molar-refractivity contribution in [2.45, 2.75) is 91.5 Å². The van der Waals surface area contributed by atoms with Crippen molar-refractivity contribution >= 4 is 54.9 Å². The lowest BCUT2D eigenvalue weighted by Crippen LogP contribution is -2.60. The number of amides is 4. The lowest BCUT2D eigenvalue weighted by molar-refractivity contribution is -0.163. The number of halogens is 2. The number of hydrogen-bond donors (Lipinski definition) is 2. The molecule has 4 amide bonds. The fourth-order valence-electron chi connectivity index (χ4n) is 6.90. The second-order valence-corrected chi connectivity index (χ2v) is 19.7. The Morgan fingerprint density at radius 2 is 1.34 bits per heavy atom. The van der Waals surface area contributed by atoms with E-state index in [9.17, 15) is 33.3 Å². The van der Waals surface area contributed by atoms with Gasteiger partial charge in [-0.1, -0.05) is 66.7 Å². The van der Waals surface area contributed by atoms with Crippen molar-refractivity contribution in [1.29, 1.82) is 0 Å². The van der Waals surface area contributed by atoms with Crippen molar-refractivity contribution in [3.63, 3.8) is 0 Å². The minimum atomic E-state index is -5.56. The third-order valence-electron chi connectivity index (χ3n) is 10.6. The fraction of sp³-hybridized carbons (Fsp3) is 0.435. The van der Waals surface area contributed by atoms with Gasteiger partial charge in [0.1, 0.15) is 12.1 Å². The van der Waals surface area contributed by atoms with Crippen LogP contribution in [0.25, 0.3) is 17.2 Å². The molecule has 0 saturated carbocycles. The fourth-order valence-corrected chi connectivity index (χ4v) is 8.15. The summed E-state index contributed by atoms with van der Waals surface area (Å²) >= 11 is 0. The van der Waals surface area contributed by atoms with Gasteiger partial charge in [-0.2, -0.15) is 8.78 Å². The molecule has 0 bridgehead atoms. The number of fused-ring (bicyclic) bond motifs is 1. The lowest BCUT2D eigenvalue weighted by atomic mass is 9.98. The first-order valence-corrected chi connectivity index (χ1v) is 22.3. The Labute approximate surface area is 371 Å². The standard InChI is InChI=1S/C46H55F2N4O11P/c1-30(53)51-26-25-36-22-23-38(40(55)49-35-20-16-33(17-21-35)32-11-9-8-10-12-32)52(36)41(56)37(27-51)50-39(54)24-15-31-13-18-34(19-14-31)46(47,48)64(59,62-28-60-42(57)44(2,3)4)63-29-61-43(58)45(5,6)7/h8-21,24,36-38H,22-23,25-29H2,1-7H3,(H,49,55)(H,50,54)/b24-15+/t36-,37+,38+/m1/s1. The summed E-state index contributed by atoms with van der Waals surface area (Å²) in [5, 5.41) is 5.58. The minimum absolute atomic E-state index is 0.148. The van der Waals surface area contributed by atoms with Crippen molar-refractivity contribution in [2.75, 3.05) is 32.0 Å². The molecule has 3 atom stereocenters. The molecule has 2 aliphatic heterocycles. The summed E-state index contributed by atoms with van der Waals surface area (Å²) in [6.07, 6.45) is 3.70. The first-order valence-electron chi connectivity index (χ1n) is 20.7. The van der Waals surface area contributed by atoms with Crippen LogP contribution in [0.4, 0.5) is 14.5 Å². The summed E-state index contributed by atoms with van der Waals surface area (Å²) in [7, 11) is -5.56. The van der Waals surface area contributed by atoms with E-state index in [1.54, 1.807) is 12.1 Å². The predicted octanol–water partition coefficient (Wildman–Crippen LogP) is 7.47. The number of carbonyl (C=O) groups excluding carboxylic acids is 6. The van der Waals surface area contributed by atoms with E-state index in [0.717, 1.165) is 29.3 Å².